The fourth-order valence-corrected chi connectivity index (χ4v) is 2.68. The van der Waals surface area contributed by atoms with Gasteiger partial charge in [-0.05, 0) is 43.6 Å². The van der Waals surface area contributed by atoms with Crippen molar-refractivity contribution in [3.8, 4) is 0 Å². The monoisotopic (exact) mass is 280 g/mol. The SMILES string of the molecule is Cc1ccc(CC(=O)CN2CCCNCC2)c(Cl)c1. The Morgan fingerprint density at radius 3 is 3.00 bits per heavy atom. The van der Waals surface area contributed by atoms with Crippen molar-refractivity contribution >= 4 is 17.4 Å². The summed E-state index contributed by atoms with van der Waals surface area (Å²) in [6, 6.07) is 5.88. The third kappa shape index (κ3) is 4.60. The number of halogens is 1. The van der Waals surface area contributed by atoms with E-state index in [9.17, 15) is 4.79 Å². The first-order valence-corrected chi connectivity index (χ1v) is 7.23. The number of carbonyl (C=O) groups is 1. The van der Waals surface area contributed by atoms with Crippen LogP contribution in [0.2, 0.25) is 5.02 Å². The van der Waals surface area contributed by atoms with Crippen LogP contribution in [0.5, 0.6) is 0 Å². The highest BCUT2D eigenvalue weighted by Crippen LogP contribution is 2.18. The summed E-state index contributed by atoms with van der Waals surface area (Å²) in [5.41, 5.74) is 2.06. The van der Waals surface area contributed by atoms with Crippen LogP contribution in [0, 0.1) is 6.92 Å². The number of rotatable bonds is 4. The van der Waals surface area contributed by atoms with Crippen LogP contribution in [0.3, 0.4) is 0 Å². The van der Waals surface area contributed by atoms with Crippen molar-refractivity contribution < 1.29 is 4.79 Å². The number of carbonyl (C=O) groups excluding carboxylic acids is 1. The molecule has 0 bridgehead atoms. The molecule has 0 spiro atoms. The lowest BCUT2D eigenvalue weighted by molar-refractivity contribution is -0.119. The quantitative estimate of drug-likeness (QED) is 0.916. The summed E-state index contributed by atoms with van der Waals surface area (Å²) < 4.78 is 0. The van der Waals surface area contributed by atoms with Gasteiger partial charge in [0.25, 0.3) is 0 Å². The molecule has 0 aromatic heterocycles. The first kappa shape index (κ1) is 14.5. The second-order valence-corrected chi connectivity index (χ2v) is 5.60. The van der Waals surface area contributed by atoms with Crippen LogP contribution in [-0.2, 0) is 11.2 Å². The predicted octanol–water partition coefficient (Wildman–Crippen LogP) is 2.06. The molecule has 0 aliphatic carbocycles. The number of ketones is 1. The van der Waals surface area contributed by atoms with Crippen LogP contribution in [0.1, 0.15) is 17.5 Å². The highest BCUT2D eigenvalue weighted by Gasteiger charge is 2.14. The van der Waals surface area contributed by atoms with Crippen LogP contribution >= 0.6 is 11.6 Å². The number of aryl methyl sites for hydroxylation is 1. The van der Waals surface area contributed by atoms with Gasteiger partial charge in [0.1, 0.15) is 0 Å². The van der Waals surface area contributed by atoms with E-state index in [2.05, 4.69) is 10.2 Å². The largest absolute Gasteiger partial charge is 0.315 e. The first-order valence-electron chi connectivity index (χ1n) is 6.85. The molecule has 1 N–H and O–H groups in total. The van der Waals surface area contributed by atoms with Gasteiger partial charge in [0.15, 0.2) is 5.78 Å². The molecule has 2 rings (SSSR count). The van der Waals surface area contributed by atoms with Gasteiger partial charge in [-0.25, -0.2) is 0 Å². The minimum atomic E-state index is 0.243. The standard InChI is InChI=1S/C15H21ClN2O/c1-12-3-4-13(15(16)9-12)10-14(19)11-18-7-2-5-17-6-8-18/h3-4,9,17H,2,5-8,10-11H2,1H3. The average molecular weight is 281 g/mol. The van der Waals surface area contributed by atoms with Crippen molar-refractivity contribution in [3.63, 3.8) is 0 Å². The van der Waals surface area contributed by atoms with E-state index in [1.165, 1.54) is 0 Å². The second-order valence-electron chi connectivity index (χ2n) is 5.19. The Morgan fingerprint density at radius 1 is 1.37 bits per heavy atom. The minimum absolute atomic E-state index is 0.243. The molecule has 1 aromatic rings. The molecule has 1 fully saturated rings. The Labute approximate surface area is 119 Å². The van der Waals surface area contributed by atoms with E-state index < -0.39 is 0 Å². The number of benzene rings is 1. The van der Waals surface area contributed by atoms with E-state index in [1.54, 1.807) is 0 Å². The molecule has 0 saturated carbocycles. The Hall–Kier alpha value is -0.900. The number of Topliss-reactive ketones (excluding diaryl/α,β-unsaturated/α-hetero) is 1. The van der Waals surface area contributed by atoms with Crippen LogP contribution in [-0.4, -0.2) is 43.4 Å². The minimum Gasteiger partial charge on any atom is -0.315 e. The van der Waals surface area contributed by atoms with Crippen molar-refractivity contribution in [3.05, 3.63) is 34.3 Å². The molecule has 1 heterocycles. The highest BCUT2D eigenvalue weighted by atomic mass is 35.5. The number of nitrogens with zero attached hydrogens (tertiary/aromatic N) is 1. The molecule has 0 unspecified atom stereocenters. The van der Waals surface area contributed by atoms with Gasteiger partial charge in [-0.1, -0.05) is 23.7 Å². The average Bonchev–Trinajstić information content (AvgIpc) is 2.61. The molecule has 3 nitrogen and oxygen atoms in total. The zero-order chi connectivity index (χ0) is 13.7. The second kappa shape index (κ2) is 7.04. The molecule has 1 aliphatic heterocycles. The summed E-state index contributed by atoms with van der Waals surface area (Å²) in [6.45, 7) is 6.51. The summed E-state index contributed by atoms with van der Waals surface area (Å²) in [4.78, 5) is 14.3. The maximum absolute atomic E-state index is 12.1. The van der Waals surface area contributed by atoms with Gasteiger partial charge >= 0.3 is 0 Å². The Kier molecular flexibility index (Phi) is 5.37. The van der Waals surface area contributed by atoms with Gasteiger partial charge in [-0.15, -0.1) is 0 Å². The van der Waals surface area contributed by atoms with Gasteiger partial charge in [0.2, 0.25) is 0 Å². The highest BCUT2D eigenvalue weighted by molar-refractivity contribution is 6.31. The molecule has 0 atom stereocenters. The number of nitrogens with one attached hydrogen (secondary N) is 1. The maximum Gasteiger partial charge on any atom is 0.151 e. The summed E-state index contributed by atoms with van der Waals surface area (Å²) in [7, 11) is 0. The summed E-state index contributed by atoms with van der Waals surface area (Å²) >= 11 is 6.17. The van der Waals surface area contributed by atoms with E-state index >= 15 is 0 Å². The molecule has 1 saturated heterocycles. The van der Waals surface area contributed by atoms with Crippen molar-refractivity contribution in [2.45, 2.75) is 19.8 Å². The van der Waals surface area contributed by atoms with Crippen molar-refractivity contribution in [1.82, 2.24) is 10.2 Å². The molecular weight excluding hydrogens is 260 g/mol. The van der Waals surface area contributed by atoms with E-state index in [0.717, 1.165) is 43.7 Å². The molecule has 104 valence electrons. The smallest absolute Gasteiger partial charge is 0.151 e. The lowest BCUT2D eigenvalue weighted by atomic mass is 10.1. The molecule has 19 heavy (non-hydrogen) atoms. The topological polar surface area (TPSA) is 32.3 Å². The molecule has 0 amide bonds. The zero-order valence-electron chi connectivity index (χ0n) is 11.4. The summed E-state index contributed by atoms with van der Waals surface area (Å²) in [6.07, 6.45) is 1.54. The van der Waals surface area contributed by atoms with Crippen molar-refractivity contribution in [2.75, 3.05) is 32.7 Å². The Morgan fingerprint density at radius 2 is 2.21 bits per heavy atom. The molecule has 0 radical (unpaired) electrons. The van der Waals surface area contributed by atoms with Crippen molar-refractivity contribution in [2.24, 2.45) is 0 Å². The van der Waals surface area contributed by atoms with Crippen molar-refractivity contribution in [1.29, 1.82) is 0 Å². The Bertz CT molecular complexity index is 440. The fraction of sp³-hybridized carbons (Fsp3) is 0.533. The number of hydrogen-bond donors (Lipinski definition) is 1. The van der Waals surface area contributed by atoms with E-state index in [1.807, 2.05) is 25.1 Å². The van der Waals surface area contributed by atoms with Gasteiger partial charge in [-0.2, -0.15) is 0 Å². The van der Waals surface area contributed by atoms with Gasteiger partial charge in [0, 0.05) is 24.5 Å². The lowest BCUT2D eigenvalue weighted by Crippen LogP contribution is -2.33. The van der Waals surface area contributed by atoms with E-state index in [-0.39, 0.29) is 5.78 Å². The van der Waals surface area contributed by atoms with Crippen LogP contribution in [0.15, 0.2) is 18.2 Å². The Balaban J connectivity index is 1.89. The molecular formula is C15H21ClN2O. The van der Waals surface area contributed by atoms with Gasteiger partial charge < -0.3 is 5.32 Å². The van der Waals surface area contributed by atoms with Gasteiger partial charge in [-0.3, -0.25) is 9.69 Å². The zero-order valence-corrected chi connectivity index (χ0v) is 12.2. The van der Waals surface area contributed by atoms with Crippen LogP contribution in [0.4, 0.5) is 0 Å². The third-order valence-corrected chi connectivity index (χ3v) is 3.78. The molecule has 4 heteroatoms. The predicted molar refractivity (Wildman–Crippen MR) is 78.8 cm³/mol. The van der Waals surface area contributed by atoms with E-state index in [4.69, 9.17) is 11.6 Å². The number of hydrogen-bond acceptors (Lipinski definition) is 3. The van der Waals surface area contributed by atoms with Gasteiger partial charge in [0.05, 0.1) is 6.54 Å². The maximum atomic E-state index is 12.1. The molecule has 1 aromatic carbocycles. The normalized spacial score (nSPS) is 17.2. The lowest BCUT2D eigenvalue weighted by Gasteiger charge is -2.18. The summed E-state index contributed by atoms with van der Waals surface area (Å²) in [5.74, 6) is 0.243. The van der Waals surface area contributed by atoms with Crippen LogP contribution in [0.25, 0.3) is 0 Å². The summed E-state index contributed by atoms with van der Waals surface area (Å²) in [5, 5.41) is 4.04. The van der Waals surface area contributed by atoms with Crippen LogP contribution < -0.4 is 5.32 Å². The fourth-order valence-electron chi connectivity index (χ4n) is 2.37. The first-order chi connectivity index (χ1) is 9.15. The third-order valence-electron chi connectivity index (χ3n) is 3.43. The molecule has 1 aliphatic rings. The van der Waals surface area contributed by atoms with E-state index in [0.29, 0.717) is 18.0 Å².